The molecule has 0 radical (unpaired) electrons. The molecule has 0 bridgehead atoms. The molecule has 3 heterocycles. The summed E-state index contributed by atoms with van der Waals surface area (Å²) >= 11 is 0. The molecule has 4 atom stereocenters. The van der Waals surface area contributed by atoms with Crippen molar-refractivity contribution in [3.8, 4) is 6.07 Å². The average molecular weight is 353 g/mol. The Morgan fingerprint density at radius 2 is 2.23 bits per heavy atom. The number of carbonyl (C=O) groups excluding carboxylic acids is 1. The largest absolute Gasteiger partial charge is 0.472 e. The fraction of sp³-hybridized carbons (Fsp3) is 0.389. The SMILES string of the molecule is N#Cc1c[nH]c(C(=O)NC2CCC3NNC(c4ccoc4)C3C2)cc1=O. The Kier molecular flexibility index (Phi) is 4.32. The normalized spacial score (nSPS) is 27.5. The zero-order valence-corrected chi connectivity index (χ0v) is 14.0. The van der Waals surface area contributed by atoms with Crippen LogP contribution in [0.4, 0.5) is 0 Å². The summed E-state index contributed by atoms with van der Waals surface area (Å²) in [6, 6.07) is 5.44. The Labute approximate surface area is 149 Å². The highest BCUT2D eigenvalue weighted by atomic mass is 16.3. The van der Waals surface area contributed by atoms with E-state index in [1.165, 1.54) is 12.3 Å². The molecule has 26 heavy (non-hydrogen) atoms. The van der Waals surface area contributed by atoms with Gasteiger partial charge in [-0.2, -0.15) is 5.26 Å². The van der Waals surface area contributed by atoms with Gasteiger partial charge >= 0.3 is 0 Å². The van der Waals surface area contributed by atoms with Crippen LogP contribution in [0.1, 0.15) is 46.9 Å². The number of hydrogen-bond donors (Lipinski definition) is 4. The molecule has 8 heteroatoms. The summed E-state index contributed by atoms with van der Waals surface area (Å²) < 4.78 is 5.19. The number of rotatable bonds is 3. The lowest BCUT2D eigenvalue weighted by molar-refractivity contribution is 0.0910. The van der Waals surface area contributed by atoms with E-state index < -0.39 is 5.43 Å². The minimum absolute atomic E-state index is 0.00637. The van der Waals surface area contributed by atoms with Crippen molar-refractivity contribution >= 4 is 5.91 Å². The molecule has 2 aromatic heterocycles. The topological polar surface area (TPSA) is 123 Å². The molecule has 4 N–H and O–H groups in total. The molecule has 1 aliphatic heterocycles. The number of nitriles is 1. The number of H-pyrrole nitrogens is 1. The van der Waals surface area contributed by atoms with Gasteiger partial charge in [-0.3, -0.25) is 15.0 Å². The van der Waals surface area contributed by atoms with Crippen LogP contribution in [0.3, 0.4) is 0 Å². The number of fused-ring (bicyclic) bond motifs is 1. The number of nitrogens with zero attached hydrogens (tertiary/aromatic N) is 1. The van der Waals surface area contributed by atoms with Crippen molar-refractivity contribution < 1.29 is 9.21 Å². The van der Waals surface area contributed by atoms with Crippen molar-refractivity contribution in [2.75, 3.05) is 0 Å². The first-order valence-corrected chi connectivity index (χ1v) is 8.62. The molecule has 1 amide bonds. The van der Waals surface area contributed by atoms with E-state index in [1.54, 1.807) is 18.6 Å². The van der Waals surface area contributed by atoms with Crippen LogP contribution in [-0.4, -0.2) is 23.0 Å². The van der Waals surface area contributed by atoms with E-state index in [9.17, 15) is 9.59 Å². The summed E-state index contributed by atoms with van der Waals surface area (Å²) in [6.45, 7) is 0. The van der Waals surface area contributed by atoms with Crippen molar-refractivity contribution in [1.82, 2.24) is 21.2 Å². The van der Waals surface area contributed by atoms with Crippen LogP contribution in [-0.2, 0) is 0 Å². The Balaban J connectivity index is 1.44. The van der Waals surface area contributed by atoms with Gasteiger partial charge in [-0.1, -0.05) is 0 Å². The number of furan rings is 1. The van der Waals surface area contributed by atoms with Crippen LogP contribution in [0, 0.1) is 17.2 Å². The third kappa shape index (κ3) is 3.03. The van der Waals surface area contributed by atoms with E-state index in [-0.39, 0.29) is 29.2 Å². The summed E-state index contributed by atoms with van der Waals surface area (Å²) in [5, 5.41) is 11.8. The van der Waals surface area contributed by atoms with Crippen LogP contribution >= 0.6 is 0 Å². The Bertz CT molecular complexity index is 898. The van der Waals surface area contributed by atoms with Crippen LogP contribution in [0.5, 0.6) is 0 Å². The Morgan fingerprint density at radius 3 is 2.96 bits per heavy atom. The van der Waals surface area contributed by atoms with Crippen molar-refractivity contribution in [3.05, 3.63) is 57.9 Å². The lowest BCUT2D eigenvalue weighted by Gasteiger charge is -2.33. The molecular weight excluding hydrogens is 334 g/mol. The molecule has 4 unspecified atom stereocenters. The predicted octanol–water partition coefficient (Wildman–Crippen LogP) is 0.956. The lowest BCUT2D eigenvalue weighted by atomic mass is 9.77. The molecule has 1 saturated heterocycles. The highest BCUT2D eigenvalue weighted by Crippen LogP contribution is 2.38. The van der Waals surface area contributed by atoms with Gasteiger partial charge in [-0.15, -0.1) is 0 Å². The fourth-order valence-electron chi connectivity index (χ4n) is 3.92. The summed E-state index contributed by atoms with van der Waals surface area (Å²) in [5.41, 5.74) is 7.47. The van der Waals surface area contributed by atoms with Crippen molar-refractivity contribution in [2.45, 2.75) is 37.4 Å². The minimum atomic E-state index is -0.454. The Morgan fingerprint density at radius 1 is 1.35 bits per heavy atom. The standard InChI is InChI=1S/C18H19N5O3/c19-7-11-8-20-15(6-16(11)24)18(25)21-12-1-2-14-13(5-12)17(23-22-14)10-3-4-26-9-10/h3-4,6,8-9,12-14,17,22-23H,1-2,5H2,(H,20,24)(H,21,25). The second kappa shape index (κ2) is 6.78. The zero-order valence-electron chi connectivity index (χ0n) is 14.0. The molecule has 1 aliphatic carbocycles. The quantitative estimate of drug-likeness (QED) is 0.652. The number of amides is 1. The highest BCUT2D eigenvalue weighted by Gasteiger charge is 2.41. The third-order valence-corrected chi connectivity index (χ3v) is 5.27. The fourth-order valence-corrected chi connectivity index (χ4v) is 3.92. The van der Waals surface area contributed by atoms with Crippen LogP contribution in [0.2, 0.25) is 0 Å². The summed E-state index contributed by atoms with van der Waals surface area (Å²) in [7, 11) is 0. The van der Waals surface area contributed by atoms with Crippen LogP contribution < -0.4 is 21.6 Å². The van der Waals surface area contributed by atoms with Gasteiger partial charge in [0.05, 0.1) is 18.6 Å². The number of aromatic nitrogens is 1. The molecule has 0 spiro atoms. The molecule has 2 aliphatic rings. The first-order chi connectivity index (χ1) is 12.7. The first kappa shape index (κ1) is 16.6. The van der Waals surface area contributed by atoms with E-state index in [2.05, 4.69) is 21.2 Å². The molecule has 1 saturated carbocycles. The van der Waals surface area contributed by atoms with Gasteiger partial charge in [-0.05, 0) is 31.2 Å². The smallest absolute Gasteiger partial charge is 0.268 e. The van der Waals surface area contributed by atoms with Gasteiger partial charge in [0, 0.05) is 29.9 Å². The van der Waals surface area contributed by atoms with Crippen LogP contribution in [0.15, 0.2) is 40.1 Å². The molecule has 4 rings (SSSR count). The summed E-state index contributed by atoms with van der Waals surface area (Å²) in [4.78, 5) is 26.9. The Hall–Kier alpha value is -2.89. The number of carbonyl (C=O) groups is 1. The zero-order chi connectivity index (χ0) is 18.1. The van der Waals surface area contributed by atoms with E-state index in [0.717, 1.165) is 24.8 Å². The minimum Gasteiger partial charge on any atom is -0.472 e. The van der Waals surface area contributed by atoms with Crippen molar-refractivity contribution in [2.24, 2.45) is 5.92 Å². The average Bonchev–Trinajstić information content (AvgIpc) is 3.30. The summed E-state index contributed by atoms with van der Waals surface area (Å²) in [6.07, 6.45) is 7.31. The van der Waals surface area contributed by atoms with Gasteiger partial charge in [0.1, 0.15) is 17.3 Å². The molecule has 2 fully saturated rings. The lowest BCUT2D eigenvalue weighted by Crippen LogP contribution is -2.44. The van der Waals surface area contributed by atoms with E-state index in [4.69, 9.17) is 9.68 Å². The van der Waals surface area contributed by atoms with Crippen LogP contribution in [0.25, 0.3) is 0 Å². The van der Waals surface area contributed by atoms with Gasteiger partial charge in [0.2, 0.25) is 0 Å². The maximum absolute atomic E-state index is 12.5. The summed E-state index contributed by atoms with van der Waals surface area (Å²) in [5.74, 6) is 0.0143. The number of hydrazine groups is 1. The van der Waals surface area contributed by atoms with Gasteiger partial charge in [0.25, 0.3) is 5.91 Å². The molecular formula is C18H19N5O3. The number of nitrogens with one attached hydrogen (secondary N) is 4. The van der Waals surface area contributed by atoms with Gasteiger partial charge < -0.3 is 14.7 Å². The maximum Gasteiger partial charge on any atom is 0.268 e. The second-order valence-electron chi connectivity index (χ2n) is 6.81. The highest BCUT2D eigenvalue weighted by molar-refractivity contribution is 5.92. The van der Waals surface area contributed by atoms with Crippen molar-refractivity contribution in [3.63, 3.8) is 0 Å². The first-order valence-electron chi connectivity index (χ1n) is 8.62. The molecule has 134 valence electrons. The number of hydrogen-bond acceptors (Lipinski definition) is 6. The van der Waals surface area contributed by atoms with E-state index in [1.807, 2.05) is 6.07 Å². The van der Waals surface area contributed by atoms with Crippen molar-refractivity contribution in [1.29, 1.82) is 5.26 Å². The molecule has 8 nitrogen and oxygen atoms in total. The monoisotopic (exact) mass is 353 g/mol. The predicted molar refractivity (Wildman–Crippen MR) is 91.9 cm³/mol. The maximum atomic E-state index is 12.5. The van der Waals surface area contributed by atoms with E-state index in [0.29, 0.717) is 12.0 Å². The third-order valence-electron chi connectivity index (χ3n) is 5.27. The molecule has 0 aromatic carbocycles. The van der Waals surface area contributed by atoms with Gasteiger partial charge in [0.15, 0.2) is 5.43 Å². The second-order valence-corrected chi connectivity index (χ2v) is 6.81. The number of pyridine rings is 1. The molecule has 2 aromatic rings. The van der Waals surface area contributed by atoms with Gasteiger partial charge in [-0.25, -0.2) is 5.43 Å². The number of aromatic amines is 1. The van der Waals surface area contributed by atoms with E-state index >= 15 is 0 Å².